The Balaban J connectivity index is 1.63. The second-order valence-electron chi connectivity index (χ2n) is 7.88. The average molecular weight is 370 g/mol. The summed E-state index contributed by atoms with van der Waals surface area (Å²) < 4.78 is 7.25. The lowest BCUT2D eigenvalue weighted by molar-refractivity contribution is 0.0309. The van der Waals surface area contributed by atoms with Crippen LogP contribution in [0.5, 0.6) is 0 Å². The summed E-state index contributed by atoms with van der Waals surface area (Å²) in [5.41, 5.74) is 2.40. The maximum Gasteiger partial charge on any atom is 0.356 e. The summed E-state index contributed by atoms with van der Waals surface area (Å²) in [6.45, 7) is 5.34. The zero-order valence-corrected chi connectivity index (χ0v) is 15.9. The molecule has 4 rings (SSSR count). The number of β-amino-alcohol motifs (C(OH)–C–C–N with tert-alkyl or cyclic N) is 1. The van der Waals surface area contributed by atoms with Crippen LogP contribution >= 0.6 is 0 Å². The normalized spacial score (nSPS) is 18.3. The number of hydrogen-bond acceptors (Lipinski definition) is 6. The smallest absolute Gasteiger partial charge is 0.356 e. The summed E-state index contributed by atoms with van der Waals surface area (Å²) in [6.07, 6.45) is 9.69. The number of carbonyl (C=O) groups is 1. The highest BCUT2D eigenvalue weighted by Gasteiger charge is 2.38. The Morgan fingerprint density at radius 1 is 1.33 bits per heavy atom. The van der Waals surface area contributed by atoms with E-state index in [2.05, 4.69) is 21.8 Å². The van der Waals surface area contributed by atoms with Crippen molar-refractivity contribution < 1.29 is 14.6 Å². The van der Waals surface area contributed by atoms with Gasteiger partial charge < -0.3 is 19.3 Å². The number of nitrogens with zero attached hydrogens (tertiary/aromatic N) is 4. The molecule has 0 atom stereocenters. The highest BCUT2D eigenvalue weighted by Crippen LogP contribution is 2.40. The Hall–Kier alpha value is -2.41. The molecule has 1 aliphatic carbocycles. The van der Waals surface area contributed by atoms with Crippen molar-refractivity contribution in [1.82, 2.24) is 14.5 Å². The minimum absolute atomic E-state index is 0.291. The summed E-state index contributed by atoms with van der Waals surface area (Å²) in [6, 6.07) is 1.76. The molecule has 2 fully saturated rings. The van der Waals surface area contributed by atoms with Gasteiger partial charge in [0.1, 0.15) is 0 Å². The molecule has 1 N–H and O–H groups in total. The van der Waals surface area contributed by atoms with Crippen molar-refractivity contribution in [2.75, 3.05) is 24.6 Å². The minimum Gasteiger partial charge on any atom is -0.461 e. The van der Waals surface area contributed by atoms with Crippen molar-refractivity contribution in [3.05, 3.63) is 36.2 Å². The third-order valence-electron chi connectivity index (χ3n) is 5.08. The van der Waals surface area contributed by atoms with Crippen molar-refractivity contribution in [2.24, 2.45) is 0 Å². The fourth-order valence-corrected chi connectivity index (χ4v) is 3.39. The first kappa shape index (κ1) is 18.0. The van der Waals surface area contributed by atoms with E-state index >= 15 is 0 Å². The molecule has 7 heteroatoms. The molecule has 144 valence electrons. The number of imidazole rings is 1. The number of anilines is 1. The maximum absolute atomic E-state index is 12.3. The Kier molecular flexibility index (Phi) is 4.63. The number of unbranched alkanes of at least 4 members (excludes halogenated alkanes) is 1. The molecule has 3 heterocycles. The monoisotopic (exact) mass is 370 g/mol. The van der Waals surface area contributed by atoms with Gasteiger partial charge in [-0.25, -0.2) is 14.8 Å². The standard InChI is InChI=1S/C20H26N4O3/c1-3-4-7-27-19(25)15-8-17(23-10-16(22-13-23)14-5-6-14)18(9-21-15)24-11-20(2,26)12-24/h8-10,13-14,26H,3-7,11-12H2,1-2H3. The number of esters is 1. The average Bonchev–Trinajstić information content (AvgIpc) is 3.36. The van der Waals surface area contributed by atoms with Crippen molar-refractivity contribution in [3.63, 3.8) is 0 Å². The second kappa shape index (κ2) is 6.96. The third kappa shape index (κ3) is 3.83. The summed E-state index contributed by atoms with van der Waals surface area (Å²) >= 11 is 0. The van der Waals surface area contributed by atoms with Crippen LogP contribution in [0.25, 0.3) is 5.69 Å². The number of rotatable bonds is 7. The van der Waals surface area contributed by atoms with E-state index in [1.807, 2.05) is 17.7 Å². The van der Waals surface area contributed by atoms with Gasteiger partial charge in [0.05, 0.1) is 41.8 Å². The van der Waals surface area contributed by atoms with Crippen molar-refractivity contribution >= 4 is 11.7 Å². The molecule has 7 nitrogen and oxygen atoms in total. The number of pyridine rings is 1. The van der Waals surface area contributed by atoms with Crippen LogP contribution in [0.3, 0.4) is 0 Å². The van der Waals surface area contributed by atoms with Crippen LogP contribution in [0.4, 0.5) is 5.69 Å². The van der Waals surface area contributed by atoms with Crippen LogP contribution in [0, 0.1) is 0 Å². The molecule has 1 saturated heterocycles. The van der Waals surface area contributed by atoms with Gasteiger partial charge in [-0.2, -0.15) is 0 Å². The Labute approximate surface area is 159 Å². The van der Waals surface area contributed by atoms with E-state index in [-0.39, 0.29) is 0 Å². The van der Waals surface area contributed by atoms with Crippen LogP contribution in [-0.2, 0) is 4.74 Å². The molecular weight excluding hydrogens is 344 g/mol. The second-order valence-corrected chi connectivity index (χ2v) is 7.88. The van der Waals surface area contributed by atoms with Gasteiger partial charge >= 0.3 is 5.97 Å². The molecule has 27 heavy (non-hydrogen) atoms. The predicted molar refractivity (Wildman–Crippen MR) is 101 cm³/mol. The number of ether oxygens (including phenoxy) is 1. The van der Waals surface area contributed by atoms with Crippen LogP contribution in [0.1, 0.15) is 61.6 Å². The van der Waals surface area contributed by atoms with Crippen LogP contribution in [0.15, 0.2) is 24.8 Å². The molecule has 1 aliphatic heterocycles. The van der Waals surface area contributed by atoms with E-state index in [0.717, 1.165) is 29.9 Å². The molecule has 0 spiro atoms. The van der Waals surface area contributed by atoms with Gasteiger partial charge in [-0.15, -0.1) is 0 Å². The van der Waals surface area contributed by atoms with Crippen LogP contribution in [0.2, 0.25) is 0 Å². The van der Waals surface area contributed by atoms with E-state index in [9.17, 15) is 9.90 Å². The fraction of sp³-hybridized carbons (Fsp3) is 0.550. The number of aliphatic hydroxyl groups is 1. The minimum atomic E-state index is -0.691. The molecule has 0 radical (unpaired) electrons. The quantitative estimate of drug-likeness (QED) is 0.596. The molecule has 0 unspecified atom stereocenters. The lowest BCUT2D eigenvalue weighted by atomic mass is 9.96. The van der Waals surface area contributed by atoms with Crippen LogP contribution in [-0.4, -0.2) is 50.9 Å². The highest BCUT2D eigenvalue weighted by molar-refractivity contribution is 5.89. The van der Waals surface area contributed by atoms with Crippen molar-refractivity contribution in [3.8, 4) is 5.69 Å². The van der Waals surface area contributed by atoms with Gasteiger partial charge in [-0.3, -0.25) is 0 Å². The highest BCUT2D eigenvalue weighted by atomic mass is 16.5. The SMILES string of the molecule is CCCCOC(=O)c1cc(-n2cnc(C3CC3)c2)c(N2CC(C)(O)C2)cn1. The maximum atomic E-state index is 12.3. The first-order valence-corrected chi connectivity index (χ1v) is 9.65. The number of hydrogen-bond donors (Lipinski definition) is 1. The van der Waals surface area contributed by atoms with Gasteiger partial charge in [0, 0.05) is 25.2 Å². The van der Waals surface area contributed by atoms with E-state index in [0.29, 0.717) is 31.3 Å². The summed E-state index contributed by atoms with van der Waals surface area (Å²) in [4.78, 5) is 23.2. The summed E-state index contributed by atoms with van der Waals surface area (Å²) in [5, 5.41) is 10.1. The van der Waals surface area contributed by atoms with Crippen molar-refractivity contribution in [1.29, 1.82) is 0 Å². The van der Waals surface area contributed by atoms with Gasteiger partial charge in [0.25, 0.3) is 0 Å². The number of carbonyl (C=O) groups excluding carboxylic acids is 1. The van der Waals surface area contributed by atoms with E-state index in [1.165, 1.54) is 12.8 Å². The summed E-state index contributed by atoms with van der Waals surface area (Å²) in [5.74, 6) is 0.147. The van der Waals surface area contributed by atoms with E-state index in [1.54, 1.807) is 18.6 Å². The molecule has 0 aromatic carbocycles. The predicted octanol–water partition coefficient (Wildman–Crippen LogP) is 2.67. The Bertz CT molecular complexity index is 834. The topological polar surface area (TPSA) is 80.5 Å². The lowest BCUT2D eigenvalue weighted by Crippen LogP contribution is -2.60. The molecule has 2 aromatic rings. The fourth-order valence-electron chi connectivity index (χ4n) is 3.39. The van der Waals surface area contributed by atoms with E-state index < -0.39 is 11.6 Å². The van der Waals surface area contributed by atoms with Gasteiger partial charge in [0.2, 0.25) is 0 Å². The van der Waals surface area contributed by atoms with Crippen molar-refractivity contribution in [2.45, 2.75) is 51.0 Å². The van der Waals surface area contributed by atoms with Crippen LogP contribution < -0.4 is 4.90 Å². The first-order chi connectivity index (χ1) is 13.0. The van der Waals surface area contributed by atoms with Gasteiger partial charge in [-0.05, 0) is 32.3 Å². The molecule has 2 aromatic heterocycles. The molecule has 1 saturated carbocycles. The zero-order valence-electron chi connectivity index (χ0n) is 15.9. The lowest BCUT2D eigenvalue weighted by Gasteiger charge is -2.46. The Morgan fingerprint density at radius 2 is 2.11 bits per heavy atom. The number of aromatic nitrogens is 3. The molecular formula is C20H26N4O3. The largest absolute Gasteiger partial charge is 0.461 e. The molecule has 0 amide bonds. The zero-order chi connectivity index (χ0) is 19.0. The van der Waals surface area contributed by atoms with E-state index in [4.69, 9.17) is 4.74 Å². The molecule has 2 aliphatic rings. The summed E-state index contributed by atoms with van der Waals surface area (Å²) in [7, 11) is 0. The van der Waals surface area contributed by atoms with Gasteiger partial charge in [-0.1, -0.05) is 13.3 Å². The van der Waals surface area contributed by atoms with Gasteiger partial charge in [0.15, 0.2) is 5.69 Å². The first-order valence-electron chi connectivity index (χ1n) is 9.65. The third-order valence-corrected chi connectivity index (χ3v) is 5.08. The Morgan fingerprint density at radius 3 is 2.78 bits per heavy atom. The molecule has 0 bridgehead atoms.